The Bertz CT molecular complexity index is 560. The second-order valence-corrected chi connectivity index (χ2v) is 11.0. The minimum atomic E-state index is -0.0574. The molecule has 0 spiro atoms. The van der Waals surface area contributed by atoms with E-state index < -0.39 is 0 Å². The molecule has 4 rings (SSSR count). The quantitative estimate of drug-likeness (QED) is 0.821. The van der Waals surface area contributed by atoms with E-state index in [1.807, 2.05) is 19.0 Å². The number of hydrogen-bond acceptors (Lipinski definition) is 3. The summed E-state index contributed by atoms with van der Waals surface area (Å²) in [5, 5.41) is 10.2. The Morgan fingerprint density at radius 3 is 2.38 bits per heavy atom. The fourth-order valence-electron chi connectivity index (χ4n) is 8.19. The van der Waals surface area contributed by atoms with Crippen molar-refractivity contribution >= 4 is 5.78 Å². The van der Waals surface area contributed by atoms with Crippen LogP contribution in [0.4, 0.5) is 0 Å². The third-order valence-electron chi connectivity index (χ3n) is 9.50. The van der Waals surface area contributed by atoms with E-state index in [-0.39, 0.29) is 17.4 Å². The topological polar surface area (TPSA) is 40.5 Å². The van der Waals surface area contributed by atoms with E-state index in [0.29, 0.717) is 17.7 Å². The second kappa shape index (κ2) is 6.58. The summed E-state index contributed by atoms with van der Waals surface area (Å²) in [4.78, 5) is 15.0. The number of fused-ring (bicyclic) bond motifs is 5. The minimum Gasteiger partial charge on any atom is -0.393 e. The first-order chi connectivity index (χ1) is 12.3. The molecular weight excluding hydrogens is 322 g/mol. The molecule has 26 heavy (non-hydrogen) atoms. The molecule has 2 unspecified atom stereocenters. The molecular formula is C23H39NO2. The van der Waals surface area contributed by atoms with Crippen molar-refractivity contribution < 1.29 is 9.90 Å². The SMILES string of the molecule is CN(C)CC(=O)[C@H]1CC[C@H]2[C@@H]3CCC4CC(O)CC[C@]4(C)[C@H]3CC[C@]12C. The van der Waals surface area contributed by atoms with Gasteiger partial charge in [0.2, 0.25) is 0 Å². The number of Topliss-reactive ketones (excluding diaryl/α,β-unsaturated/α-hetero) is 1. The van der Waals surface area contributed by atoms with Gasteiger partial charge < -0.3 is 10.0 Å². The van der Waals surface area contributed by atoms with Gasteiger partial charge in [-0.05, 0) is 106 Å². The maximum atomic E-state index is 12.9. The zero-order valence-corrected chi connectivity index (χ0v) is 17.3. The Hall–Kier alpha value is -0.410. The van der Waals surface area contributed by atoms with Gasteiger partial charge >= 0.3 is 0 Å². The molecule has 0 aromatic carbocycles. The first kappa shape index (κ1) is 18.9. The second-order valence-electron chi connectivity index (χ2n) is 11.0. The Labute approximate surface area is 159 Å². The minimum absolute atomic E-state index is 0.0574. The number of carbonyl (C=O) groups excluding carboxylic acids is 1. The predicted molar refractivity (Wildman–Crippen MR) is 105 cm³/mol. The van der Waals surface area contributed by atoms with Crippen LogP contribution in [0.2, 0.25) is 0 Å². The standard InChI is InChI=1S/C23H39NO2/c1-22-11-9-16(25)13-15(22)5-6-17-18-7-8-20(21(26)14-24(3)4)23(18,2)12-10-19(17)22/h15-20,25H,5-14H2,1-4H3/t15?,16?,17-,18-,19-,20+,22-,23-/m0/s1. The van der Waals surface area contributed by atoms with Crippen molar-refractivity contribution in [2.75, 3.05) is 20.6 Å². The van der Waals surface area contributed by atoms with Crippen LogP contribution in [0.15, 0.2) is 0 Å². The van der Waals surface area contributed by atoms with E-state index in [1.165, 1.54) is 38.5 Å². The Morgan fingerprint density at radius 1 is 0.962 bits per heavy atom. The maximum absolute atomic E-state index is 12.9. The number of carbonyl (C=O) groups is 1. The number of likely N-dealkylation sites (N-methyl/N-ethyl adjacent to an activating group) is 1. The van der Waals surface area contributed by atoms with Crippen LogP contribution in [-0.4, -0.2) is 42.5 Å². The number of hydrogen-bond donors (Lipinski definition) is 1. The molecule has 3 heteroatoms. The van der Waals surface area contributed by atoms with Crippen LogP contribution >= 0.6 is 0 Å². The van der Waals surface area contributed by atoms with E-state index in [4.69, 9.17) is 0 Å². The normalized spacial score (nSPS) is 50.8. The summed E-state index contributed by atoms with van der Waals surface area (Å²) in [6, 6.07) is 0. The molecule has 0 aromatic heterocycles. The van der Waals surface area contributed by atoms with Gasteiger partial charge in [0.15, 0.2) is 0 Å². The average molecular weight is 362 g/mol. The molecule has 8 atom stereocenters. The summed E-state index contributed by atoms with van der Waals surface area (Å²) in [5.74, 6) is 3.90. The monoisotopic (exact) mass is 361 g/mol. The molecule has 4 aliphatic carbocycles. The van der Waals surface area contributed by atoms with Crippen LogP contribution in [0.3, 0.4) is 0 Å². The molecule has 0 heterocycles. The number of aliphatic hydroxyl groups excluding tert-OH is 1. The number of ketones is 1. The number of rotatable bonds is 3. The van der Waals surface area contributed by atoms with Gasteiger partial charge in [0.1, 0.15) is 5.78 Å². The van der Waals surface area contributed by atoms with Gasteiger partial charge in [-0.1, -0.05) is 13.8 Å². The molecule has 0 saturated heterocycles. The molecule has 0 bridgehead atoms. The third-order valence-corrected chi connectivity index (χ3v) is 9.50. The van der Waals surface area contributed by atoms with Crippen LogP contribution in [0.1, 0.15) is 71.6 Å². The van der Waals surface area contributed by atoms with E-state index in [2.05, 4.69) is 13.8 Å². The highest BCUT2D eigenvalue weighted by molar-refractivity contribution is 5.84. The molecule has 1 N–H and O–H groups in total. The predicted octanol–water partition coefficient (Wildman–Crippen LogP) is 4.14. The van der Waals surface area contributed by atoms with Crippen LogP contribution in [0.25, 0.3) is 0 Å². The highest BCUT2D eigenvalue weighted by Crippen LogP contribution is 2.67. The van der Waals surface area contributed by atoms with Crippen LogP contribution in [-0.2, 0) is 4.79 Å². The Kier molecular flexibility index (Phi) is 4.79. The highest BCUT2D eigenvalue weighted by Gasteiger charge is 2.61. The summed E-state index contributed by atoms with van der Waals surface area (Å²) in [6.45, 7) is 5.61. The Balaban J connectivity index is 1.55. The summed E-state index contributed by atoms with van der Waals surface area (Å²) in [6.07, 6.45) is 10.8. The van der Waals surface area contributed by atoms with E-state index in [1.54, 1.807) is 0 Å². The lowest BCUT2D eigenvalue weighted by Gasteiger charge is -2.60. The van der Waals surface area contributed by atoms with Crippen molar-refractivity contribution in [3.8, 4) is 0 Å². The lowest BCUT2D eigenvalue weighted by molar-refractivity contribution is -0.140. The lowest BCUT2D eigenvalue weighted by atomic mass is 9.44. The fraction of sp³-hybridized carbons (Fsp3) is 0.957. The van der Waals surface area contributed by atoms with E-state index in [0.717, 1.165) is 42.9 Å². The van der Waals surface area contributed by atoms with Crippen molar-refractivity contribution in [1.29, 1.82) is 0 Å². The van der Waals surface area contributed by atoms with Crippen LogP contribution < -0.4 is 0 Å². The largest absolute Gasteiger partial charge is 0.393 e. The zero-order valence-electron chi connectivity index (χ0n) is 17.3. The van der Waals surface area contributed by atoms with Gasteiger partial charge in [0, 0.05) is 5.92 Å². The van der Waals surface area contributed by atoms with Gasteiger partial charge in [-0.25, -0.2) is 0 Å². The average Bonchev–Trinajstić information content (AvgIpc) is 2.92. The van der Waals surface area contributed by atoms with Gasteiger partial charge in [-0.3, -0.25) is 4.79 Å². The first-order valence-electron chi connectivity index (χ1n) is 11.1. The maximum Gasteiger partial charge on any atom is 0.150 e. The van der Waals surface area contributed by atoms with E-state index >= 15 is 0 Å². The van der Waals surface area contributed by atoms with Crippen LogP contribution in [0.5, 0.6) is 0 Å². The van der Waals surface area contributed by atoms with Crippen molar-refractivity contribution in [1.82, 2.24) is 4.90 Å². The summed E-state index contributed by atoms with van der Waals surface area (Å²) < 4.78 is 0. The van der Waals surface area contributed by atoms with Gasteiger partial charge in [0.25, 0.3) is 0 Å². The number of aliphatic hydroxyl groups is 1. The summed E-state index contributed by atoms with van der Waals surface area (Å²) in [7, 11) is 4.03. The molecule has 0 amide bonds. The van der Waals surface area contributed by atoms with E-state index in [9.17, 15) is 9.90 Å². The number of nitrogens with zero attached hydrogens (tertiary/aromatic N) is 1. The van der Waals surface area contributed by atoms with Gasteiger partial charge in [-0.15, -0.1) is 0 Å². The molecule has 0 aromatic rings. The molecule has 4 fully saturated rings. The van der Waals surface area contributed by atoms with Crippen LogP contribution in [0, 0.1) is 40.4 Å². The summed E-state index contributed by atoms with van der Waals surface area (Å²) in [5.41, 5.74) is 0.681. The van der Waals surface area contributed by atoms with Crippen molar-refractivity contribution in [2.45, 2.75) is 77.7 Å². The van der Waals surface area contributed by atoms with Gasteiger partial charge in [-0.2, -0.15) is 0 Å². The first-order valence-corrected chi connectivity index (χ1v) is 11.1. The fourth-order valence-corrected chi connectivity index (χ4v) is 8.19. The molecule has 3 nitrogen and oxygen atoms in total. The highest BCUT2D eigenvalue weighted by atomic mass is 16.3. The van der Waals surface area contributed by atoms with Gasteiger partial charge in [0.05, 0.1) is 12.6 Å². The van der Waals surface area contributed by atoms with Crippen molar-refractivity contribution in [3.05, 3.63) is 0 Å². The molecule has 0 aliphatic heterocycles. The summed E-state index contributed by atoms with van der Waals surface area (Å²) >= 11 is 0. The third kappa shape index (κ3) is 2.80. The molecule has 4 aliphatic rings. The molecule has 148 valence electrons. The lowest BCUT2D eigenvalue weighted by Crippen LogP contribution is -2.54. The smallest absolute Gasteiger partial charge is 0.150 e. The van der Waals surface area contributed by atoms with Crippen molar-refractivity contribution in [2.24, 2.45) is 40.4 Å². The zero-order chi connectivity index (χ0) is 18.7. The molecule has 4 saturated carbocycles. The molecule has 0 radical (unpaired) electrons. The van der Waals surface area contributed by atoms with Crippen molar-refractivity contribution in [3.63, 3.8) is 0 Å². The Morgan fingerprint density at radius 2 is 1.65 bits per heavy atom.